The topological polar surface area (TPSA) is 56.2 Å². The van der Waals surface area contributed by atoms with E-state index in [1.807, 2.05) is 82.9 Å². The van der Waals surface area contributed by atoms with Gasteiger partial charge in [-0.25, -0.2) is 4.98 Å². The average molecular weight is 436 g/mol. The summed E-state index contributed by atoms with van der Waals surface area (Å²) in [4.78, 5) is 18.3. The molecule has 0 aliphatic rings. The number of rotatable bonds is 8. The van der Waals surface area contributed by atoms with Crippen LogP contribution in [0.15, 0.2) is 89.7 Å². The van der Waals surface area contributed by atoms with Gasteiger partial charge in [0.05, 0.1) is 18.9 Å². The summed E-state index contributed by atoms with van der Waals surface area (Å²) in [7, 11) is 1.64. The Balaban J connectivity index is 1.44. The van der Waals surface area contributed by atoms with Gasteiger partial charge in [0.25, 0.3) is 0 Å². The van der Waals surface area contributed by atoms with Crippen LogP contribution in [0.25, 0.3) is 5.69 Å². The van der Waals surface area contributed by atoms with Crippen molar-refractivity contribution in [3.05, 3.63) is 94.9 Å². The number of amides is 1. The molecule has 7 heteroatoms. The normalized spacial score (nSPS) is 11.8. The molecule has 0 aliphatic heterocycles. The van der Waals surface area contributed by atoms with Crippen molar-refractivity contribution in [1.82, 2.24) is 14.9 Å². The number of aromatic nitrogens is 2. The first kappa shape index (κ1) is 20.3. The van der Waals surface area contributed by atoms with E-state index in [2.05, 4.69) is 10.3 Å². The Hall–Kier alpha value is -3.03. The fourth-order valence-electron chi connectivity index (χ4n) is 3.09. The molecule has 0 bridgehead atoms. The minimum atomic E-state index is -0.152. The quantitative estimate of drug-likeness (QED) is 0.398. The molecule has 1 amide bonds. The Morgan fingerprint density at radius 2 is 1.93 bits per heavy atom. The highest BCUT2D eigenvalue weighted by Gasteiger charge is 2.18. The van der Waals surface area contributed by atoms with Crippen LogP contribution in [-0.2, 0) is 4.79 Å². The van der Waals surface area contributed by atoms with Crippen molar-refractivity contribution in [2.45, 2.75) is 11.2 Å². The van der Waals surface area contributed by atoms with Crippen LogP contribution in [0.2, 0.25) is 0 Å². The van der Waals surface area contributed by atoms with Crippen molar-refractivity contribution < 1.29 is 9.53 Å². The number of methoxy groups -OCH3 is 1. The van der Waals surface area contributed by atoms with E-state index in [0.29, 0.717) is 0 Å². The van der Waals surface area contributed by atoms with Gasteiger partial charge in [0.15, 0.2) is 5.16 Å². The van der Waals surface area contributed by atoms with E-state index in [4.69, 9.17) is 4.74 Å². The molecule has 0 fully saturated rings. The Morgan fingerprint density at radius 3 is 2.63 bits per heavy atom. The fourth-order valence-corrected chi connectivity index (χ4v) is 4.68. The van der Waals surface area contributed by atoms with Crippen LogP contribution in [0, 0.1) is 0 Å². The first-order valence-electron chi connectivity index (χ1n) is 9.43. The molecular formula is C23H21N3O2S2. The number of hydrogen-bond donors (Lipinski definition) is 1. The number of nitrogens with one attached hydrogen (secondary N) is 1. The lowest BCUT2D eigenvalue weighted by molar-refractivity contribution is -0.119. The summed E-state index contributed by atoms with van der Waals surface area (Å²) in [5.74, 6) is 1.04. The SMILES string of the molecule is COc1ccc(-n2ccnc2SCC(=O)NC(c2ccccc2)c2cccs2)cc1. The summed E-state index contributed by atoms with van der Waals surface area (Å²) in [5, 5.41) is 5.96. The molecule has 0 saturated heterocycles. The van der Waals surface area contributed by atoms with Crippen molar-refractivity contribution >= 4 is 29.0 Å². The van der Waals surface area contributed by atoms with Crippen LogP contribution in [0.3, 0.4) is 0 Å². The third-order valence-corrected chi connectivity index (χ3v) is 6.46. The molecule has 4 rings (SSSR count). The number of benzene rings is 2. The second-order valence-electron chi connectivity index (χ2n) is 6.49. The summed E-state index contributed by atoms with van der Waals surface area (Å²) in [5.41, 5.74) is 2.04. The van der Waals surface area contributed by atoms with Crippen molar-refractivity contribution in [2.24, 2.45) is 0 Å². The number of nitrogens with zero attached hydrogens (tertiary/aromatic N) is 2. The summed E-state index contributed by atoms with van der Waals surface area (Å²) in [6.07, 6.45) is 3.63. The zero-order chi connectivity index (χ0) is 20.8. The standard InChI is InChI=1S/C23H21N3O2S2/c1-28-19-11-9-18(10-12-19)26-14-13-24-23(26)30-16-21(27)25-22(20-8-5-15-29-20)17-6-3-2-4-7-17/h2-15,22H,16H2,1H3,(H,25,27). The van der Waals surface area contributed by atoms with Crippen LogP contribution in [-0.4, -0.2) is 28.3 Å². The molecule has 152 valence electrons. The van der Waals surface area contributed by atoms with E-state index < -0.39 is 0 Å². The predicted octanol–water partition coefficient (Wildman–Crippen LogP) is 4.94. The fraction of sp³-hybridized carbons (Fsp3) is 0.130. The molecule has 1 atom stereocenters. The first-order valence-corrected chi connectivity index (χ1v) is 11.3. The molecular weight excluding hydrogens is 414 g/mol. The highest BCUT2D eigenvalue weighted by atomic mass is 32.2. The maximum absolute atomic E-state index is 12.8. The highest BCUT2D eigenvalue weighted by molar-refractivity contribution is 7.99. The smallest absolute Gasteiger partial charge is 0.231 e. The molecule has 2 aromatic carbocycles. The lowest BCUT2D eigenvalue weighted by atomic mass is 10.1. The van der Waals surface area contributed by atoms with Crippen LogP contribution in [0.5, 0.6) is 5.75 Å². The van der Waals surface area contributed by atoms with E-state index >= 15 is 0 Å². The molecule has 0 spiro atoms. The zero-order valence-electron chi connectivity index (χ0n) is 16.4. The van der Waals surface area contributed by atoms with E-state index in [9.17, 15) is 4.79 Å². The maximum atomic E-state index is 12.8. The molecule has 5 nitrogen and oxygen atoms in total. The summed E-state index contributed by atoms with van der Waals surface area (Å²) in [6.45, 7) is 0. The second kappa shape index (κ2) is 9.65. The number of carbonyl (C=O) groups is 1. The van der Waals surface area contributed by atoms with Crippen molar-refractivity contribution in [3.63, 3.8) is 0 Å². The molecule has 0 radical (unpaired) electrons. The Labute approximate surface area is 183 Å². The zero-order valence-corrected chi connectivity index (χ0v) is 18.0. The van der Waals surface area contributed by atoms with E-state index in [0.717, 1.165) is 27.0 Å². The molecule has 1 unspecified atom stereocenters. The summed E-state index contributed by atoms with van der Waals surface area (Å²) >= 11 is 3.05. The highest BCUT2D eigenvalue weighted by Crippen LogP contribution is 2.27. The largest absolute Gasteiger partial charge is 0.497 e. The molecule has 1 N–H and O–H groups in total. The average Bonchev–Trinajstić information content (AvgIpc) is 3.49. The second-order valence-corrected chi connectivity index (χ2v) is 8.41. The van der Waals surface area contributed by atoms with Gasteiger partial charge < -0.3 is 10.1 Å². The number of hydrogen-bond acceptors (Lipinski definition) is 5. The van der Waals surface area contributed by atoms with Crippen LogP contribution >= 0.6 is 23.1 Å². The Morgan fingerprint density at radius 1 is 1.13 bits per heavy atom. The van der Waals surface area contributed by atoms with Crippen molar-refractivity contribution in [2.75, 3.05) is 12.9 Å². The van der Waals surface area contributed by atoms with Crippen molar-refractivity contribution in [1.29, 1.82) is 0 Å². The molecule has 4 aromatic rings. The van der Waals surface area contributed by atoms with Gasteiger partial charge in [-0.05, 0) is 41.3 Å². The van der Waals surface area contributed by atoms with Crippen molar-refractivity contribution in [3.8, 4) is 11.4 Å². The number of thiophene rings is 1. The van der Waals surface area contributed by atoms with Gasteiger partial charge >= 0.3 is 0 Å². The van der Waals surface area contributed by atoms with Gasteiger partial charge in [-0.15, -0.1) is 11.3 Å². The minimum Gasteiger partial charge on any atom is -0.497 e. The lowest BCUT2D eigenvalue weighted by Gasteiger charge is -2.18. The number of carbonyl (C=O) groups excluding carboxylic acids is 1. The third kappa shape index (κ3) is 4.75. The van der Waals surface area contributed by atoms with E-state index in [-0.39, 0.29) is 17.7 Å². The molecule has 2 aromatic heterocycles. The molecule has 2 heterocycles. The van der Waals surface area contributed by atoms with Crippen LogP contribution in [0.4, 0.5) is 0 Å². The van der Waals surface area contributed by atoms with E-state index in [1.165, 1.54) is 11.8 Å². The maximum Gasteiger partial charge on any atom is 0.231 e. The van der Waals surface area contributed by atoms with Gasteiger partial charge in [-0.3, -0.25) is 9.36 Å². The molecule has 0 aliphatic carbocycles. The van der Waals surface area contributed by atoms with Crippen LogP contribution in [0.1, 0.15) is 16.5 Å². The lowest BCUT2D eigenvalue weighted by Crippen LogP contribution is -2.30. The van der Waals surface area contributed by atoms with Gasteiger partial charge in [-0.1, -0.05) is 48.2 Å². The number of imidazole rings is 1. The van der Waals surface area contributed by atoms with Gasteiger partial charge in [0.1, 0.15) is 5.75 Å². The minimum absolute atomic E-state index is 0.0356. The summed E-state index contributed by atoms with van der Waals surface area (Å²) in [6, 6.07) is 21.7. The van der Waals surface area contributed by atoms with Gasteiger partial charge in [0, 0.05) is 23.0 Å². The van der Waals surface area contributed by atoms with Gasteiger partial charge in [0.2, 0.25) is 5.91 Å². The summed E-state index contributed by atoms with van der Waals surface area (Å²) < 4.78 is 7.18. The number of ether oxygens (including phenoxy) is 1. The third-order valence-electron chi connectivity index (χ3n) is 4.56. The van der Waals surface area contributed by atoms with Crippen LogP contribution < -0.4 is 10.1 Å². The molecule has 30 heavy (non-hydrogen) atoms. The molecule has 0 saturated carbocycles. The van der Waals surface area contributed by atoms with Gasteiger partial charge in [-0.2, -0.15) is 0 Å². The predicted molar refractivity (Wildman–Crippen MR) is 122 cm³/mol. The Kier molecular flexibility index (Phi) is 6.51. The number of thioether (sulfide) groups is 1. The van der Waals surface area contributed by atoms with E-state index in [1.54, 1.807) is 24.6 Å². The monoisotopic (exact) mass is 435 g/mol. The Bertz CT molecular complexity index is 1080. The first-order chi connectivity index (χ1) is 14.7.